The number of amides is 1. The standard InChI is InChI=1S/C27H30N4O6/c1-29(18-21-10-9-20(27(33)34)17-25(21)31(35)36)15-6-16-30(2)19-26(32)28-22-11-13-24(14-12-22)37-23-7-4-3-5-8-23/h3-5,7-14,17H,6,15-16,18-19H2,1-2H3,(H,28,32)(H,33,34). The number of carboxylic acid groups (broad SMARTS) is 1. The molecule has 0 aliphatic heterocycles. The van der Waals surface area contributed by atoms with Crippen LogP contribution in [0.4, 0.5) is 11.4 Å². The smallest absolute Gasteiger partial charge is 0.335 e. The maximum Gasteiger partial charge on any atom is 0.335 e. The highest BCUT2D eigenvalue weighted by Gasteiger charge is 2.18. The van der Waals surface area contributed by atoms with Crippen molar-refractivity contribution in [2.45, 2.75) is 13.0 Å². The molecule has 0 aliphatic carbocycles. The van der Waals surface area contributed by atoms with Crippen LogP contribution < -0.4 is 10.1 Å². The maximum absolute atomic E-state index is 12.4. The summed E-state index contributed by atoms with van der Waals surface area (Å²) in [5.74, 6) is 0.0698. The lowest BCUT2D eigenvalue weighted by Gasteiger charge is -2.20. The maximum atomic E-state index is 12.4. The van der Waals surface area contributed by atoms with Crippen molar-refractivity contribution in [3.05, 3.63) is 94.0 Å². The number of nitro benzene ring substituents is 1. The number of hydrogen-bond donors (Lipinski definition) is 2. The number of carboxylic acids is 1. The van der Waals surface area contributed by atoms with E-state index >= 15 is 0 Å². The van der Waals surface area contributed by atoms with Crippen LogP contribution in [0.5, 0.6) is 11.5 Å². The molecule has 1 amide bonds. The fourth-order valence-electron chi connectivity index (χ4n) is 3.74. The van der Waals surface area contributed by atoms with E-state index in [-0.39, 0.29) is 23.7 Å². The second kappa shape index (κ2) is 13.1. The minimum Gasteiger partial charge on any atom is -0.478 e. The number of likely N-dealkylation sites (N-methyl/N-ethyl adjacent to an activating group) is 1. The van der Waals surface area contributed by atoms with E-state index in [1.807, 2.05) is 54.2 Å². The van der Waals surface area contributed by atoms with Crippen molar-refractivity contribution in [1.82, 2.24) is 9.80 Å². The second-order valence-corrected chi connectivity index (χ2v) is 8.72. The van der Waals surface area contributed by atoms with Gasteiger partial charge >= 0.3 is 5.97 Å². The molecule has 0 spiro atoms. The van der Waals surface area contributed by atoms with Gasteiger partial charge in [0, 0.05) is 23.9 Å². The van der Waals surface area contributed by atoms with Crippen LogP contribution in [0.1, 0.15) is 22.3 Å². The van der Waals surface area contributed by atoms with Crippen molar-refractivity contribution in [3.63, 3.8) is 0 Å². The lowest BCUT2D eigenvalue weighted by molar-refractivity contribution is -0.385. The van der Waals surface area contributed by atoms with Crippen molar-refractivity contribution in [3.8, 4) is 11.5 Å². The fraction of sp³-hybridized carbons (Fsp3) is 0.259. The fourth-order valence-corrected chi connectivity index (χ4v) is 3.74. The normalized spacial score (nSPS) is 10.9. The third-order valence-electron chi connectivity index (χ3n) is 5.58. The van der Waals surface area contributed by atoms with Crippen molar-refractivity contribution < 1.29 is 24.4 Å². The number of para-hydroxylation sites is 1. The highest BCUT2D eigenvalue weighted by atomic mass is 16.6. The van der Waals surface area contributed by atoms with Gasteiger partial charge in [-0.05, 0) is 76.1 Å². The number of anilines is 1. The summed E-state index contributed by atoms with van der Waals surface area (Å²) in [6.45, 7) is 1.83. The van der Waals surface area contributed by atoms with Crippen LogP contribution in [-0.4, -0.2) is 65.4 Å². The molecule has 0 bridgehead atoms. The number of hydrogen-bond acceptors (Lipinski definition) is 7. The van der Waals surface area contributed by atoms with Crippen LogP contribution >= 0.6 is 0 Å². The molecule has 0 atom stereocenters. The second-order valence-electron chi connectivity index (χ2n) is 8.72. The minimum atomic E-state index is -1.20. The number of benzene rings is 3. The molecule has 10 nitrogen and oxygen atoms in total. The SMILES string of the molecule is CN(CCCN(C)Cc1ccc(C(=O)O)cc1[N+](=O)[O-])CC(=O)Nc1ccc(Oc2ccccc2)cc1. The van der Waals surface area contributed by atoms with Crippen molar-refractivity contribution in [2.75, 3.05) is 39.0 Å². The van der Waals surface area contributed by atoms with Crippen LogP contribution in [0, 0.1) is 10.1 Å². The summed E-state index contributed by atoms with van der Waals surface area (Å²) in [5.41, 5.74) is 0.800. The summed E-state index contributed by atoms with van der Waals surface area (Å²) in [7, 11) is 3.69. The zero-order chi connectivity index (χ0) is 26.8. The van der Waals surface area contributed by atoms with E-state index in [0.29, 0.717) is 36.6 Å². The van der Waals surface area contributed by atoms with Gasteiger partial charge in [-0.25, -0.2) is 4.79 Å². The quantitative estimate of drug-likeness (QED) is 0.257. The van der Waals surface area contributed by atoms with E-state index in [0.717, 1.165) is 18.2 Å². The lowest BCUT2D eigenvalue weighted by Crippen LogP contribution is -2.32. The van der Waals surface area contributed by atoms with Gasteiger partial charge in [-0.3, -0.25) is 19.8 Å². The Hall–Kier alpha value is -4.28. The molecule has 0 unspecified atom stereocenters. The number of carbonyl (C=O) groups is 2. The van der Waals surface area contributed by atoms with E-state index in [1.165, 1.54) is 12.1 Å². The molecule has 3 rings (SSSR count). The Balaban J connectivity index is 1.40. The number of nitro groups is 1. The van der Waals surface area contributed by atoms with Gasteiger partial charge in [0.1, 0.15) is 11.5 Å². The molecule has 0 radical (unpaired) electrons. The highest BCUT2D eigenvalue weighted by molar-refractivity contribution is 5.92. The molecule has 10 heteroatoms. The van der Waals surface area contributed by atoms with Crippen LogP contribution in [-0.2, 0) is 11.3 Å². The summed E-state index contributed by atoms with van der Waals surface area (Å²) in [4.78, 5) is 38.1. The number of aromatic carboxylic acids is 1. The van der Waals surface area contributed by atoms with Gasteiger partial charge in [0.05, 0.1) is 17.0 Å². The van der Waals surface area contributed by atoms with Crippen molar-refractivity contribution in [1.29, 1.82) is 0 Å². The van der Waals surface area contributed by atoms with Crippen LogP contribution in [0.3, 0.4) is 0 Å². The Morgan fingerprint density at radius 2 is 1.59 bits per heavy atom. The Bertz CT molecular complexity index is 1220. The molecular weight excluding hydrogens is 476 g/mol. The topological polar surface area (TPSA) is 125 Å². The number of nitrogens with one attached hydrogen (secondary N) is 1. The van der Waals surface area contributed by atoms with Gasteiger partial charge in [-0.15, -0.1) is 0 Å². The number of rotatable bonds is 13. The first-order chi connectivity index (χ1) is 17.7. The van der Waals surface area contributed by atoms with E-state index < -0.39 is 10.9 Å². The Morgan fingerprint density at radius 3 is 2.24 bits per heavy atom. The van der Waals surface area contributed by atoms with E-state index in [9.17, 15) is 19.7 Å². The number of carbonyl (C=O) groups excluding carboxylic acids is 1. The summed E-state index contributed by atoms with van der Waals surface area (Å²) in [6.07, 6.45) is 0.743. The number of ether oxygens (including phenoxy) is 1. The van der Waals surface area contributed by atoms with Gasteiger partial charge < -0.3 is 20.1 Å². The average Bonchev–Trinajstić information content (AvgIpc) is 2.85. The summed E-state index contributed by atoms with van der Waals surface area (Å²) in [5, 5.41) is 23.3. The Kier molecular flexibility index (Phi) is 9.70. The highest BCUT2D eigenvalue weighted by Crippen LogP contribution is 2.23. The molecule has 0 aliphatic rings. The molecule has 0 saturated carbocycles. The molecule has 0 fully saturated rings. The molecular formula is C27H30N4O6. The zero-order valence-corrected chi connectivity index (χ0v) is 20.8. The molecule has 0 aromatic heterocycles. The monoisotopic (exact) mass is 506 g/mol. The van der Waals surface area contributed by atoms with Crippen LogP contribution in [0.25, 0.3) is 0 Å². The molecule has 194 valence electrons. The number of nitrogens with zero attached hydrogens (tertiary/aromatic N) is 3. The third-order valence-corrected chi connectivity index (χ3v) is 5.58. The van der Waals surface area contributed by atoms with Gasteiger partial charge in [-0.1, -0.05) is 24.3 Å². The predicted molar refractivity (Wildman–Crippen MR) is 140 cm³/mol. The van der Waals surface area contributed by atoms with Gasteiger partial charge in [0.15, 0.2) is 0 Å². The molecule has 0 heterocycles. The summed E-state index contributed by atoms with van der Waals surface area (Å²) >= 11 is 0. The van der Waals surface area contributed by atoms with Crippen molar-refractivity contribution in [2.24, 2.45) is 0 Å². The van der Waals surface area contributed by atoms with Crippen LogP contribution in [0.2, 0.25) is 0 Å². The van der Waals surface area contributed by atoms with E-state index in [1.54, 1.807) is 24.3 Å². The van der Waals surface area contributed by atoms with Gasteiger partial charge in [0.2, 0.25) is 5.91 Å². The van der Waals surface area contributed by atoms with Gasteiger partial charge in [0.25, 0.3) is 5.69 Å². The first-order valence-electron chi connectivity index (χ1n) is 11.7. The molecule has 3 aromatic rings. The lowest BCUT2D eigenvalue weighted by atomic mass is 10.1. The Labute approximate surface area is 215 Å². The minimum absolute atomic E-state index is 0.116. The van der Waals surface area contributed by atoms with Gasteiger partial charge in [-0.2, -0.15) is 0 Å². The summed E-state index contributed by atoms with van der Waals surface area (Å²) in [6, 6.07) is 20.5. The van der Waals surface area contributed by atoms with Crippen LogP contribution in [0.15, 0.2) is 72.8 Å². The zero-order valence-electron chi connectivity index (χ0n) is 20.8. The first-order valence-corrected chi connectivity index (χ1v) is 11.7. The Morgan fingerprint density at radius 1 is 0.946 bits per heavy atom. The van der Waals surface area contributed by atoms with E-state index in [2.05, 4.69) is 5.32 Å². The predicted octanol–water partition coefficient (Wildman–Crippen LogP) is 4.48. The molecule has 0 saturated heterocycles. The van der Waals surface area contributed by atoms with E-state index in [4.69, 9.17) is 9.84 Å². The largest absolute Gasteiger partial charge is 0.478 e. The van der Waals surface area contributed by atoms with Crippen molar-refractivity contribution >= 4 is 23.3 Å². The third kappa shape index (κ3) is 8.71. The average molecular weight is 507 g/mol. The molecule has 37 heavy (non-hydrogen) atoms. The molecule has 2 N–H and O–H groups in total. The summed E-state index contributed by atoms with van der Waals surface area (Å²) < 4.78 is 5.75. The first kappa shape index (κ1) is 27.3. The molecule has 3 aromatic carbocycles.